The van der Waals surface area contributed by atoms with Crippen molar-refractivity contribution < 1.29 is 19.1 Å². The normalized spacial score (nSPS) is 15.2. The molecule has 1 heterocycles. The maximum absolute atomic E-state index is 11.7. The summed E-state index contributed by atoms with van der Waals surface area (Å²) in [5.74, 6) is 1.01. The van der Waals surface area contributed by atoms with Crippen molar-refractivity contribution in [2.24, 2.45) is 0 Å². The lowest BCUT2D eigenvalue weighted by Gasteiger charge is -2.26. The first-order chi connectivity index (χ1) is 9.13. The predicted octanol–water partition coefficient (Wildman–Crippen LogP) is 0.162. The lowest BCUT2D eigenvalue weighted by atomic mass is 10.1. The van der Waals surface area contributed by atoms with E-state index in [1.807, 2.05) is 6.07 Å². The second-order valence-electron chi connectivity index (χ2n) is 4.22. The number of rotatable bonds is 4. The van der Waals surface area contributed by atoms with E-state index < -0.39 is 0 Å². The Kier molecular flexibility index (Phi) is 3.89. The summed E-state index contributed by atoms with van der Waals surface area (Å²) in [6.07, 6.45) is 0. The molecule has 2 amide bonds. The van der Waals surface area contributed by atoms with Crippen molar-refractivity contribution >= 4 is 11.8 Å². The first-order valence-corrected chi connectivity index (χ1v) is 5.89. The minimum atomic E-state index is -0.139. The van der Waals surface area contributed by atoms with Gasteiger partial charge in [0.15, 0.2) is 11.5 Å². The Labute approximate surface area is 111 Å². The molecule has 6 nitrogen and oxygen atoms in total. The predicted molar refractivity (Wildman–Crippen MR) is 68.0 cm³/mol. The summed E-state index contributed by atoms with van der Waals surface area (Å²) in [7, 11) is 3.12. The van der Waals surface area contributed by atoms with E-state index in [2.05, 4.69) is 5.32 Å². The highest BCUT2D eigenvalue weighted by atomic mass is 16.5. The molecule has 102 valence electrons. The first kappa shape index (κ1) is 13.2. The maximum Gasteiger partial charge on any atom is 0.242 e. The van der Waals surface area contributed by atoms with E-state index in [4.69, 9.17) is 9.47 Å². The average molecular weight is 264 g/mol. The van der Waals surface area contributed by atoms with E-state index in [1.54, 1.807) is 26.4 Å². The maximum atomic E-state index is 11.7. The van der Waals surface area contributed by atoms with Crippen molar-refractivity contribution in [2.75, 3.05) is 27.3 Å². The third kappa shape index (κ3) is 2.96. The number of nitrogens with one attached hydrogen (secondary N) is 1. The van der Waals surface area contributed by atoms with Crippen LogP contribution in [0.2, 0.25) is 0 Å². The van der Waals surface area contributed by atoms with Gasteiger partial charge in [0.2, 0.25) is 11.8 Å². The number of carbonyl (C=O) groups excluding carboxylic acids is 2. The lowest BCUT2D eigenvalue weighted by Crippen LogP contribution is -2.50. The van der Waals surface area contributed by atoms with Crippen LogP contribution in [0.25, 0.3) is 0 Å². The number of carbonyl (C=O) groups is 2. The van der Waals surface area contributed by atoms with E-state index in [0.717, 1.165) is 5.56 Å². The molecule has 0 radical (unpaired) electrons. The largest absolute Gasteiger partial charge is 0.493 e. The number of ether oxygens (including phenoxy) is 2. The van der Waals surface area contributed by atoms with Crippen LogP contribution in [0.5, 0.6) is 11.5 Å². The summed E-state index contributed by atoms with van der Waals surface area (Å²) in [5, 5.41) is 2.51. The molecule has 0 aliphatic carbocycles. The fourth-order valence-electron chi connectivity index (χ4n) is 1.95. The van der Waals surface area contributed by atoms with Crippen LogP contribution in [0, 0.1) is 0 Å². The molecule has 1 N–H and O–H groups in total. The van der Waals surface area contributed by atoms with Gasteiger partial charge in [-0.25, -0.2) is 0 Å². The lowest BCUT2D eigenvalue weighted by molar-refractivity contribution is -0.141. The Balaban J connectivity index is 2.14. The van der Waals surface area contributed by atoms with Gasteiger partial charge < -0.3 is 19.7 Å². The number of hydrogen-bond acceptors (Lipinski definition) is 4. The van der Waals surface area contributed by atoms with Gasteiger partial charge in [0.05, 0.1) is 27.3 Å². The highest BCUT2D eigenvalue weighted by molar-refractivity contribution is 5.92. The molecule has 0 unspecified atom stereocenters. The number of amides is 2. The zero-order valence-corrected chi connectivity index (χ0v) is 10.9. The van der Waals surface area contributed by atoms with Crippen molar-refractivity contribution in [2.45, 2.75) is 6.54 Å². The summed E-state index contributed by atoms with van der Waals surface area (Å²) in [5.41, 5.74) is 0.890. The molecule has 19 heavy (non-hydrogen) atoms. The third-order valence-corrected chi connectivity index (χ3v) is 2.95. The fraction of sp³-hybridized carbons (Fsp3) is 0.385. The molecule has 1 aromatic rings. The molecule has 0 saturated carbocycles. The van der Waals surface area contributed by atoms with Crippen LogP contribution in [0.4, 0.5) is 0 Å². The minimum Gasteiger partial charge on any atom is -0.493 e. The summed E-state index contributed by atoms with van der Waals surface area (Å²) in [6.45, 7) is 0.534. The van der Waals surface area contributed by atoms with E-state index in [1.165, 1.54) is 4.90 Å². The number of benzene rings is 1. The topological polar surface area (TPSA) is 67.9 Å². The average Bonchev–Trinajstić information content (AvgIpc) is 2.42. The van der Waals surface area contributed by atoms with Gasteiger partial charge >= 0.3 is 0 Å². The molecule has 0 aromatic heterocycles. The smallest absolute Gasteiger partial charge is 0.242 e. The number of nitrogens with zero attached hydrogens (tertiary/aromatic N) is 1. The molecule has 1 fully saturated rings. The highest BCUT2D eigenvalue weighted by Crippen LogP contribution is 2.28. The van der Waals surface area contributed by atoms with Crippen LogP contribution < -0.4 is 14.8 Å². The molecule has 1 aliphatic heterocycles. The van der Waals surface area contributed by atoms with Gasteiger partial charge in [0.1, 0.15) is 0 Å². The standard InChI is InChI=1S/C13H16N2O4/c1-18-10-4-3-9(5-11(10)19-2)7-15-8-12(16)14-6-13(15)17/h3-5H,6-8H2,1-2H3,(H,14,16). The quantitative estimate of drug-likeness (QED) is 0.841. The van der Waals surface area contributed by atoms with Crippen molar-refractivity contribution in [3.8, 4) is 11.5 Å². The first-order valence-electron chi connectivity index (χ1n) is 5.89. The summed E-state index contributed by atoms with van der Waals surface area (Å²) >= 11 is 0. The zero-order valence-electron chi connectivity index (χ0n) is 10.9. The van der Waals surface area contributed by atoms with Crippen molar-refractivity contribution in [3.05, 3.63) is 23.8 Å². The van der Waals surface area contributed by atoms with E-state index in [-0.39, 0.29) is 24.9 Å². The van der Waals surface area contributed by atoms with Crippen LogP contribution in [-0.4, -0.2) is 44.0 Å². The fourth-order valence-corrected chi connectivity index (χ4v) is 1.95. The third-order valence-electron chi connectivity index (χ3n) is 2.95. The van der Waals surface area contributed by atoms with Crippen molar-refractivity contribution in [1.82, 2.24) is 10.2 Å². The number of methoxy groups -OCH3 is 2. The second-order valence-corrected chi connectivity index (χ2v) is 4.22. The van der Waals surface area contributed by atoms with Gasteiger partial charge in [-0.2, -0.15) is 0 Å². The SMILES string of the molecule is COc1ccc(CN2CC(=O)NCC2=O)cc1OC. The Bertz CT molecular complexity index is 501. The number of piperazine rings is 1. The van der Waals surface area contributed by atoms with Gasteiger partial charge in [-0.3, -0.25) is 9.59 Å². The van der Waals surface area contributed by atoms with Crippen molar-refractivity contribution in [1.29, 1.82) is 0 Å². The van der Waals surface area contributed by atoms with E-state index in [9.17, 15) is 9.59 Å². The zero-order chi connectivity index (χ0) is 13.8. The van der Waals surface area contributed by atoms with Gasteiger partial charge in [-0.15, -0.1) is 0 Å². The molecule has 1 aromatic carbocycles. The molecule has 1 saturated heterocycles. The molecule has 2 rings (SSSR count). The van der Waals surface area contributed by atoms with Gasteiger partial charge in [-0.1, -0.05) is 6.07 Å². The van der Waals surface area contributed by atoms with Crippen molar-refractivity contribution in [3.63, 3.8) is 0 Å². The molecular weight excluding hydrogens is 248 g/mol. The monoisotopic (exact) mass is 264 g/mol. The Morgan fingerprint density at radius 3 is 2.63 bits per heavy atom. The van der Waals surface area contributed by atoms with Gasteiger partial charge in [-0.05, 0) is 17.7 Å². The van der Waals surface area contributed by atoms with Gasteiger partial charge in [0.25, 0.3) is 0 Å². The summed E-state index contributed by atoms with van der Waals surface area (Å²) in [4.78, 5) is 24.5. The molecule has 0 bridgehead atoms. The van der Waals surface area contributed by atoms with E-state index >= 15 is 0 Å². The van der Waals surface area contributed by atoms with Crippen LogP contribution in [-0.2, 0) is 16.1 Å². The minimum absolute atomic E-state index is 0.0616. The molecule has 0 atom stereocenters. The van der Waals surface area contributed by atoms with E-state index in [0.29, 0.717) is 18.0 Å². The van der Waals surface area contributed by atoms with Crippen LogP contribution in [0.15, 0.2) is 18.2 Å². The Morgan fingerprint density at radius 1 is 1.21 bits per heavy atom. The van der Waals surface area contributed by atoms with Crippen LogP contribution in [0.3, 0.4) is 0 Å². The Morgan fingerprint density at radius 2 is 1.95 bits per heavy atom. The van der Waals surface area contributed by atoms with Gasteiger partial charge in [0, 0.05) is 6.54 Å². The molecule has 1 aliphatic rings. The highest BCUT2D eigenvalue weighted by Gasteiger charge is 2.23. The summed E-state index contributed by atoms with van der Waals surface area (Å²) in [6, 6.07) is 5.43. The van der Waals surface area contributed by atoms with Crippen LogP contribution >= 0.6 is 0 Å². The second kappa shape index (κ2) is 5.60. The number of hydrogen-bond donors (Lipinski definition) is 1. The molecule has 6 heteroatoms. The van der Waals surface area contributed by atoms with Crippen LogP contribution in [0.1, 0.15) is 5.56 Å². The summed E-state index contributed by atoms with van der Waals surface area (Å²) < 4.78 is 10.4. The molecular formula is C13H16N2O4. The Hall–Kier alpha value is -2.24. The molecule has 0 spiro atoms.